The van der Waals surface area contributed by atoms with Crippen molar-refractivity contribution in [1.82, 2.24) is 0 Å². The van der Waals surface area contributed by atoms with Gasteiger partial charge in [-0.15, -0.1) is 12.4 Å². The van der Waals surface area contributed by atoms with Crippen LogP contribution in [0, 0.1) is 5.92 Å². The van der Waals surface area contributed by atoms with Crippen LogP contribution >= 0.6 is 12.4 Å². The lowest BCUT2D eigenvalue weighted by Gasteiger charge is -2.32. The average molecular weight is 208 g/mol. The van der Waals surface area contributed by atoms with Crippen LogP contribution in [0.25, 0.3) is 0 Å². The van der Waals surface area contributed by atoms with Crippen molar-refractivity contribution in [3.05, 3.63) is 0 Å². The van der Waals surface area contributed by atoms with E-state index >= 15 is 0 Å². The van der Waals surface area contributed by atoms with Crippen LogP contribution in [0.1, 0.15) is 33.6 Å². The number of nitrogens with two attached hydrogens (primary N) is 1. The van der Waals surface area contributed by atoms with E-state index in [2.05, 4.69) is 0 Å². The third kappa shape index (κ3) is 3.96. The van der Waals surface area contributed by atoms with Gasteiger partial charge in [0.15, 0.2) is 0 Å². The van der Waals surface area contributed by atoms with Gasteiger partial charge in [-0.05, 0) is 33.6 Å². The number of hydrogen-bond donors (Lipinski definition) is 1. The summed E-state index contributed by atoms with van der Waals surface area (Å²) in [5, 5.41) is 0. The molecule has 0 aromatic heterocycles. The standard InChI is InChI=1S/C9H17NO2.ClH/c1-9(2,3)12-8(11)6-4-7(10)5-6;/h6-7H,4-5,10H2,1-3H3;1H. The van der Waals surface area contributed by atoms with Crippen LogP contribution in [0.15, 0.2) is 0 Å². The van der Waals surface area contributed by atoms with E-state index in [9.17, 15) is 4.79 Å². The molecule has 0 unspecified atom stereocenters. The molecule has 0 spiro atoms. The van der Waals surface area contributed by atoms with Crippen LogP contribution in [0.5, 0.6) is 0 Å². The van der Waals surface area contributed by atoms with Gasteiger partial charge >= 0.3 is 5.97 Å². The first-order valence-corrected chi connectivity index (χ1v) is 4.37. The van der Waals surface area contributed by atoms with Crippen molar-refractivity contribution >= 4 is 18.4 Å². The van der Waals surface area contributed by atoms with Crippen molar-refractivity contribution in [2.45, 2.75) is 45.3 Å². The molecule has 4 heteroatoms. The van der Waals surface area contributed by atoms with E-state index in [1.54, 1.807) is 0 Å². The first-order valence-electron chi connectivity index (χ1n) is 4.37. The quantitative estimate of drug-likeness (QED) is 0.663. The Morgan fingerprint density at radius 1 is 1.38 bits per heavy atom. The van der Waals surface area contributed by atoms with Crippen molar-refractivity contribution in [2.75, 3.05) is 0 Å². The Hall–Kier alpha value is -0.280. The second-order valence-corrected chi connectivity index (χ2v) is 4.46. The highest BCUT2D eigenvalue weighted by Crippen LogP contribution is 2.28. The van der Waals surface area contributed by atoms with E-state index in [0.29, 0.717) is 0 Å². The molecule has 13 heavy (non-hydrogen) atoms. The summed E-state index contributed by atoms with van der Waals surface area (Å²) < 4.78 is 5.20. The second kappa shape index (κ2) is 4.29. The Bertz CT molecular complexity index is 183. The fourth-order valence-corrected chi connectivity index (χ4v) is 1.24. The van der Waals surface area contributed by atoms with Crippen LogP contribution < -0.4 is 5.73 Å². The molecule has 1 rings (SSSR count). The number of hydrogen-bond acceptors (Lipinski definition) is 3. The first-order chi connectivity index (χ1) is 5.38. The van der Waals surface area contributed by atoms with Gasteiger partial charge in [-0.1, -0.05) is 0 Å². The normalized spacial score (nSPS) is 27.1. The summed E-state index contributed by atoms with van der Waals surface area (Å²) in [5.74, 6) is -0.0385. The maximum atomic E-state index is 11.3. The molecular formula is C9H18ClNO2. The average Bonchev–Trinajstić information content (AvgIpc) is 1.76. The molecular weight excluding hydrogens is 190 g/mol. The van der Waals surface area contributed by atoms with Crippen molar-refractivity contribution < 1.29 is 9.53 Å². The Morgan fingerprint density at radius 3 is 2.15 bits per heavy atom. The maximum absolute atomic E-state index is 11.3. The third-order valence-electron chi connectivity index (χ3n) is 1.91. The minimum atomic E-state index is -0.364. The van der Waals surface area contributed by atoms with Crippen LogP contribution in [0.4, 0.5) is 0 Å². The molecule has 2 N–H and O–H groups in total. The third-order valence-corrected chi connectivity index (χ3v) is 1.91. The molecule has 78 valence electrons. The van der Waals surface area contributed by atoms with Gasteiger partial charge < -0.3 is 10.5 Å². The molecule has 0 heterocycles. The Kier molecular flexibility index (Phi) is 4.20. The fraction of sp³-hybridized carbons (Fsp3) is 0.889. The largest absolute Gasteiger partial charge is 0.460 e. The Labute approximate surface area is 85.4 Å². The van der Waals surface area contributed by atoms with Crippen molar-refractivity contribution in [3.8, 4) is 0 Å². The van der Waals surface area contributed by atoms with Crippen LogP contribution in [-0.4, -0.2) is 17.6 Å². The molecule has 0 saturated heterocycles. The van der Waals surface area contributed by atoms with Crippen molar-refractivity contribution in [3.63, 3.8) is 0 Å². The molecule has 1 fully saturated rings. The highest BCUT2D eigenvalue weighted by molar-refractivity contribution is 5.85. The van der Waals surface area contributed by atoms with Crippen molar-refractivity contribution in [2.24, 2.45) is 11.7 Å². The molecule has 1 aliphatic rings. The molecule has 0 aromatic carbocycles. The van der Waals surface area contributed by atoms with E-state index in [-0.39, 0.29) is 35.9 Å². The van der Waals surface area contributed by atoms with Crippen LogP contribution in [-0.2, 0) is 9.53 Å². The molecule has 0 radical (unpaired) electrons. The minimum Gasteiger partial charge on any atom is -0.460 e. The zero-order valence-electron chi connectivity index (χ0n) is 8.37. The minimum absolute atomic E-state index is 0. The predicted octanol–water partition coefficient (Wildman–Crippen LogP) is 1.49. The molecule has 0 aromatic rings. The van der Waals surface area contributed by atoms with E-state index < -0.39 is 0 Å². The molecule has 0 atom stereocenters. The second-order valence-electron chi connectivity index (χ2n) is 4.46. The number of rotatable bonds is 1. The summed E-state index contributed by atoms with van der Waals surface area (Å²) in [7, 11) is 0. The SMILES string of the molecule is CC(C)(C)OC(=O)C1CC(N)C1.Cl. The van der Waals surface area contributed by atoms with Gasteiger partial charge in [-0.25, -0.2) is 0 Å². The van der Waals surface area contributed by atoms with Gasteiger partial charge in [0, 0.05) is 6.04 Å². The lowest BCUT2D eigenvalue weighted by atomic mass is 9.81. The number of ether oxygens (including phenoxy) is 1. The van der Waals surface area contributed by atoms with Crippen LogP contribution in [0.3, 0.4) is 0 Å². The van der Waals surface area contributed by atoms with Crippen molar-refractivity contribution in [1.29, 1.82) is 0 Å². The molecule has 1 saturated carbocycles. The van der Waals surface area contributed by atoms with E-state index in [4.69, 9.17) is 10.5 Å². The van der Waals surface area contributed by atoms with E-state index in [1.807, 2.05) is 20.8 Å². The summed E-state index contributed by atoms with van der Waals surface area (Å²) in [6.07, 6.45) is 1.57. The molecule has 0 bridgehead atoms. The number of esters is 1. The summed E-state index contributed by atoms with van der Waals surface area (Å²) in [6, 6.07) is 0.211. The monoisotopic (exact) mass is 207 g/mol. The van der Waals surface area contributed by atoms with Gasteiger partial charge in [0.05, 0.1) is 5.92 Å². The Morgan fingerprint density at radius 2 is 1.85 bits per heavy atom. The van der Waals surface area contributed by atoms with Gasteiger partial charge in [0.25, 0.3) is 0 Å². The zero-order chi connectivity index (χ0) is 9.35. The highest BCUT2D eigenvalue weighted by atomic mass is 35.5. The van der Waals surface area contributed by atoms with E-state index in [1.165, 1.54) is 0 Å². The number of carbonyl (C=O) groups excluding carboxylic acids is 1. The lowest BCUT2D eigenvalue weighted by Crippen LogP contribution is -2.42. The summed E-state index contributed by atoms with van der Waals surface area (Å²) in [6.45, 7) is 5.64. The zero-order valence-corrected chi connectivity index (χ0v) is 9.19. The number of carbonyl (C=O) groups is 1. The highest BCUT2D eigenvalue weighted by Gasteiger charge is 2.34. The van der Waals surface area contributed by atoms with Gasteiger partial charge in [-0.3, -0.25) is 4.79 Å². The summed E-state index contributed by atoms with van der Waals surface area (Å²) >= 11 is 0. The molecule has 0 aliphatic heterocycles. The molecule has 3 nitrogen and oxygen atoms in total. The maximum Gasteiger partial charge on any atom is 0.309 e. The van der Waals surface area contributed by atoms with E-state index in [0.717, 1.165) is 12.8 Å². The predicted molar refractivity (Wildman–Crippen MR) is 53.8 cm³/mol. The first kappa shape index (κ1) is 12.7. The van der Waals surface area contributed by atoms with Gasteiger partial charge in [0.2, 0.25) is 0 Å². The number of halogens is 1. The lowest BCUT2D eigenvalue weighted by molar-refractivity contribution is -0.163. The Balaban J connectivity index is 0.00000144. The smallest absolute Gasteiger partial charge is 0.309 e. The molecule has 0 amide bonds. The molecule has 1 aliphatic carbocycles. The van der Waals surface area contributed by atoms with Gasteiger partial charge in [-0.2, -0.15) is 0 Å². The van der Waals surface area contributed by atoms with Crippen LogP contribution in [0.2, 0.25) is 0 Å². The summed E-state index contributed by atoms with van der Waals surface area (Å²) in [5.41, 5.74) is 5.20. The fourth-order valence-electron chi connectivity index (χ4n) is 1.24. The topological polar surface area (TPSA) is 52.3 Å². The summed E-state index contributed by atoms with van der Waals surface area (Å²) in [4.78, 5) is 11.3. The van der Waals surface area contributed by atoms with Gasteiger partial charge in [0.1, 0.15) is 5.60 Å².